The first-order valence-corrected chi connectivity index (χ1v) is 10.4. The third-order valence-electron chi connectivity index (χ3n) is 5.41. The molecule has 1 unspecified atom stereocenters. The van der Waals surface area contributed by atoms with Crippen LogP contribution >= 0.6 is 11.6 Å². The van der Waals surface area contributed by atoms with Gasteiger partial charge in [-0.15, -0.1) is 25.2 Å². The predicted molar refractivity (Wildman–Crippen MR) is 115 cm³/mol. The van der Waals surface area contributed by atoms with E-state index in [-0.39, 0.29) is 11.6 Å². The smallest absolute Gasteiger partial charge is 0.248 e. The molecule has 3 aromatic heterocycles. The number of anilines is 1. The number of nitrogens with zero attached hydrogens (tertiary/aromatic N) is 8. The Hall–Kier alpha value is -3.53. The molecule has 0 radical (unpaired) electrons. The number of hydrogen-bond acceptors (Lipinski definition) is 7. The van der Waals surface area contributed by atoms with Crippen LogP contribution in [0.2, 0.25) is 5.02 Å². The monoisotopic (exact) mass is 437 g/mol. The Balaban J connectivity index is 1.48. The van der Waals surface area contributed by atoms with Crippen molar-refractivity contribution in [1.29, 1.82) is 0 Å². The quantitative estimate of drug-likeness (QED) is 0.522. The van der Waals surface area contributed by atoms with Gasteiger partial charge in [0.05, 0.1) is 11.7 Å². The number of rotatable bonds is 4. The lowest BCUT2D eigenvalue weighted by atomic mass is 10.0. The highest BCUT2D eigenvalue weighted by molar-refractivity contribution is 6.30. The van der Waals surface area contributed by atoms with Gasteiger partial charge in [-0.05, 0) is 48.7 Å². The molecule has 0 aliphatic carbocycles. The number of benzene rings is 1. The van der Waals surface area contributed by atoms with Gasteiger partial charge < -0.3 is 9.88 Å². The second-order valence-electron chi connectivity index (χ2n) is 7.45. The molecule has 1 saturated heterocycles. The largest absolute Gasteiger partial charge is 0.330 e. The van der Waals surface area contributed by atoms with Crippen LogP contribution in [0.15, 0.2) is 47.4 Å². The van der Waals surface area contributed by atoms with E-state index in [0.717, 1.165) is 31.5 Å². The SMILES string of the molecule is Cn1c(-c2cc[nH]c(=O)c2)nnc1N1CCCCC1c1nnn(-c2cccc(Cl)c2)n1. The molecule has 0 amide bonds. The average Bonchev–Trinajstić information content (AvgIpc) is 3.41. The maximum atomic E-state index is 11.7. The van der Waals surface area contributed by atoms with E-state index >= 15 is 0 Å². The van der Waals surface area contributed by atoms with E-state index in [1.54, 1.807) is 24.4 Å². The molecular weight excluding hydrogens is 418 g/mol. The number of nitrogens with one attached hydrogen (secondary N) is 1. The molecular formula is C20H20ClN9O. The molecule has 31 heavy (non-hydrogen) atoms. The van der Waals surface area contributed by atoms with Crippen LogP contribution in [0.5, 0.6) is 0 Å². The summed E-state index contributed by atoms with van der Waals surface area (Å²) in [5.74, 6) is 1.96. The van der Waals surface area contributed by atoms with Gasteiger partial charge in [-0.3, -0.25) is 9.36 Å². The molecule has 1 atom stereocenters. The number of H-pyrrole nitrogens is 1. The lowest BCUT2D eigenvalue weighted by Gasteiger charge is -2.34. The Morgan fingerprint density at radius 1 is 1.13 bits per heavy atom. The summed E-state index contributed by atoms with van der Waals surface area (Å²) in [5.41, 5.74) is 1.28. The lowest BCUT2D eigenvalue weighted by molar-refractivity contribution is 0.445. The van der Waals surface area contributed by atoms with Crippen LogP contribution in [-0.2, 0) is 7.05 Å². The van der Waals surface area contributed by atoms with Crippen molar-refractivity contribution < 1.29 is 0 Å². The molecule has 4 heterocycles. The van der Waals surface area contributed by atoms with Crippen molar-refractivity contribution in [1.82, 2.24) is 40.0 Å². The maximum absolute atomic E-state index is 11.7. The maximum Gasteiger partial charge on any atom is 0.248 e. The number of pyridine rings is 1. The molecule has 4 aromatic rings. The van der Waals surface area contributed by atoms with Crippen molar-refractivity contribution in [2.45, 2.75) is 25.3 Å². The van der Waals surface area contributed by atoms with Gasteiger partial charge in [-0.1, -0.05) is 17.7 Å². The van der Waals surface area contributed by atoms with Crippen LogP contribution in [0.4, 0.5) is 5.95 Å². The van der Waals surface area contributed by atoms with E-state index in [0.29, 0.717) is 28.2 Å². The Morgan fingerprint density at radius 3 is 2.87 bits per heavy atom. The molecule has 5 rings (SSSR count). The molecule has 1 aliphatic heterocycles. The number of piperidine rings is 1. The molecule has 0 bridgehead atoms. The third-order valence-corrected chi connectivity index (χ3v) is 5.65. The van der Waals surface area contributed by atoms with Gasteiger partial charge in [0.1, 0.15) is 0 Å². The molecule has 1 N–H and O–H groups in total. The molecule has 158 valence electrons. The summed E-state index contributed by atoms with van der Waals surface area (Å²) < 4.78 is 1.90. The van der Waals surface area contributed by atoms with E-state index in [1.807, 2.05) is 23.7 Å². The fourth-order valence-electron chi connectivity index (χ4n) is 3.91. The summed E-state index contributed by atoms with van der Waals surface area (Å²) in [6.07, 6.45) is 4.58. The first-order valence-electron chi connectivity index (χ1n) is 10.0. The van der Waals surface area contributed by atoms with Crippen LogP contribution in [0.1, 0.15) is 31.1 Å². The molecule has 10 nitrogen and oxygen atoms in total. The molecule has 1 fully saturated rings. The zero-order valence-corrected chi connectivity index (χ0v) is 17.6. The first kappa shape index (κ1) is 19.4. The van der Waals surface area contributed by atoms with Gasteiger partial charge in [0.15, 0.2) is 11.6 Å². The summed E-state index contributed by atoms with van der Waals surface area (Å²) in [5, 5.41) is 22.5. The van der Waals surface area contributed by atoms with Crippen LogP contribution in [0, 0.1) is 0 Å². The number of aromatic nitrogens is 8. The van der Waals surface area contributed by atoms with Gasteiger partial charge in [0.25, 0.3) is 0 Å². The van der Waals surface area contributed by atoms with Crippen LogP contribution in [0.25, 0.3) is 17.1 Å². The van der Waals surface area contributed by atoms with Gasteiger partial charge in [0.2, 0.25) is 11.5 Å². The fourth-order valence-corrected chi connectivity index (χ4v) is 4.10. The topological polar surface area (TPSA) is 110 Å². The zero-order chi connectivity index (χ0) is 21.4. The highest BCUT2D eigenvalue weighted by Gasteiger charge is 2.31. The number of halogens is 1. The summed E-state index contributed by atoms with van der Waals surface area (Å²) in [7, 11) is 1.90. The summed E-state index contributed by atoms with van der Waals surface area (Å²) in [6, 6.07) is 10.6. The Bertz CT molecular complexity index is 1280. The second kappa shape index (κ2) is 7.95. The molecule has 0 spiro atoms. The van der Waals surface area contributed by atoms with E-state index in [2.05, 4.69) is 35.5 Å². The Labute approximate surface area is 182 Å². The van der Waals surface area contributed by atoms with E-state index in [9.17, 15) is 4.79 Å². The third kappa shape index (κ3) is 3.70. The van der Waals surface area contributed by atoms with Crippen molar-refractivity contribution >= 4 is 17.5 Å². The summed E-state index contributed by atoms with van der Waals surface area (Å²) in [4.78, 5) is 18.0. The van der Waals surface area contributed by atoms with Gasteiger partial charge >= 0.3 is 0 Å². The Kier molecular flexibility index (Phi) is 4.99. The predicted octanol–water partition coefficient (Wildman–Crippen LogP) is 2.53. The van der Waals surface area contributed by atoms with Crippen molar-refractivity contribution in [3.05, 3.63) is 63.8 Å². The number of tetrazole rings is 1. The van der Waals surface area contributed by atoms with Crippen molar-refractivity contribution in [3.8, 4) is 17.1 Å². The Morgan fingerprint density at radius 2 is 2.03 bits per heavy atom. The van der Waals surface area contributed by atoms with Crippen molar-refractivity contribution in [2.24, 2.45) is 7.05 Å². The summed E-state index contributed by atoms with van der Waals surface area (Å²) >= 11 is 6.10. The van der Waals surface area contributed by atoms with E-state index in [4.69, 9.17) is 11.6 Å². The number of hydrogen-bond donors (Lipinski definition) is 1. The fraction of sp³-hybridized carbons (Fsp3) is 0.300. The van der Waals surface area contributed by atoms with Gasteiger partial charge in [0, 0.05) is 36.4 Å². The molecule has 1 aliphatic rings. The molecule has 11 heteroatoms. The highest BCUT2D eigenvalue weighted by atomic mass is 35.5. The van der Waals surface area contributed by atoms with Crippen LogP contribution < -0.4 is 10.5 Å². The average molecular weight is 438 g/mol. The van der Waals surface area contributed by atoms with Crippen LogP contribution in [0.3, 0.4) is 0 Å². The second-order valence-corrected chi connectivity index (χ2v) is 7.88. The zero-order valence-electron chi connectivity index (χ0n) is 16.8. The number of aromatic amines is 1. The molecule has 0 saturated carbocycles. The van der Waals surface area contributed by atoms with Gasteiger partial charge in [-0.25, -0.2) is 0 Å². The minimum absolute atomic E-state index is 0.0726. The van der Waals surface area contributed by atoms with E-state index < -0.39 is 0 Å². The normalized spacial score (nSPS) is 16.6. The van der Waals surface area contributed by atoms with Crippen LogP contribution in [-0.4, -0.2) is 46.5 Å². The lowest BCUT2D eigenvalue weighted by Crippen LogP contribution is -2.36. The molecule has 1 aromatic carbocycles. The first-order chi connectivity index (χ1) is 15.1. The standard InChI is InChI=1S/C20H20ClN9O/c1-28-19(13-8-9-22-17(31)11-13)24-25-20(28)29-10-3-2-7-16(29)18-23-27-30(26-18)15-6-4-5-14(21)12-15/h4-6,8-9,11-12,16H,2-3,7,10H2,1H3,(H,22,31). The van der Waals surface area contributed by atoms with Gasteiger partial charge in [-0.2, -0.15) is 0 Å². The highest BCUT2D eigenvalue weighted by Crippen LogP contribution is 2.33. The van der Waals surface area contributed by atoms with E-state index in [1.165, 1.54) is 10.9 Å². The minimum atomic E-state index is -0.181. The van der Waals surface area contributed by atoms with Crippen molar-refractivity contribution in [2.75, 3.05) is 11.4 Å². The summed E-state index contributed by atoms with van der Waals surface area (Å²) in [6.45, 7) is 0.803. The van der Waals surface area contributed by atoms with Crippen molar-refractivity contribution in [3.63, 3.8) is 0 Å². The minimum Gasteiger partial charge on any atom is -0.330 e.